The van der Waals surface area contributed by atoms with E-state index in [1.807, 2.05) is 32.3 Å². The van der Waals surface area contributed by atoms with Crippen molar-refractivity contribution in [3.05, 3.63) is 77.8 Å². The van der Waals surface area contributed by atoms with Crippen LogP contribution in [0, 0.1) is 6.92 Å². The number of aromatic nitrogens is 4. The minimum Gasteiger partial charge on any atom is -0.497 e. The Labute approximate surface area is 164 Å². The van der Waals surface area contributed by atoms with Crippen molar-refractivity contribution in [1.29, 1.82) is 0 Å². The number of aryl methyl sites for hydroxylation is 2. The number of hydrogen-bond donors (Lipinski definition) is 0. The van der Waals surface area contributed by atoms with Crippen molar-refractivity contribution in [2.24, 2.45) is 7.05 Å². The van der Waals surface area contributed by atoms with Crippen LogP contribution < -0.4 is 4.74 Å². The number of allylic oxidation sites excluding steroid dienone is 1. The molecule has 0 spiro atoms. The molecule has 2 heterocycles. The smallest absolute Gasteiger partial charge is 0.119 e. The lowest BCUT2D eigenvalue weighted by Crippen LogP contribution is -1.94. The van der Waals surface area contributed by atoms with Crippen LogP contribution in [0.5, 0.6) is 5.75 Å². The molecule has 0 amide bonds. The third kappa shape index (κ3) is 3.39. The Morgan fingerprint density at radius 1 is 1.04 bits per heavy atom. The standard InChI is InChI=1S/C23H22N4O/c1-5-20(17-8-15(2)9-19(10-17)28-4)16-6-7-21-22(11-16)26-23(13-24-21)18-12-25-27(3)14-18/h5-14H,1-4H3/b20-5-. The molecule has 2 aromatic carbocycles. The van der Waals surface area contributed by atoms with Gasteiger partial charge in [0.1, 0.15) is 5.75 Å². The largest absolute Gasteiger partial charge is 0.497 e. The molecular formula is C23H22N4O. The van der Waals surface area contributed by atoms with Crippen LogP contribution in [0.1, 0.15) is 23.6 Å². The first-order chi connectivity index (χ1) is 13.6. The van der Waals surface area contributed by atoms with Crippen molar-refractivity contribution >= 4 is 16.6 Å². The lowest BCUT2D eigenvalue weighted by molar-refractivity contribution is 0.414. The molecule has 0 aliphatic heterocycles. The van der Waals surface area contributed by atoms with Gasteiger partial charge in [0.05, 0.1) is 36.2 Å². The fourth-order valence-corrected chi connectivity index (χ4v) is 3.39. The number of fused-ring (bicyclic) bond motifs is 1. The summed E-state index contributed by atoms with van der Waals surface area (Å²) < 4.78 is 7.21. The molecular weight excluding hydrogens is 348 g/mol. The van der Waals surface area contributed by atoms with Gasteiger partial charge in [0, 0.05) is 18.8 Å². The van der Waals surface area contributed by atoms with E-state index in [0.717, 1.165) is 50.3 Å². The van der Waals surface area contributed by atoms with Crippen molar-refractivity contribution in [2.45, 2.75) is 13.8 Å². The molecule has 2 aromatic heterocycles. The average Bonchev–Trinajstić information content (AvgIpc) is 3.14. The highest BCUT2D eigenvalue weighted by molar-refractivity contribution is 5.87. The van der Waals surface area contributed by atoms with Crippen LogP contribution in [0.3, 0.4) is 0 Å². The number of ether oxygens (including phenoxy) is 1. The minimum absolute atomic E-state index is 0.817. The molecule has 0 radical (unpaired) electrons. The number of methoxy groups -OCH3 is 1. The number of nitrogens with zero attached hydrogens (tertiary/aromatic N) is 4. The summed E-state index contributed by atoms with van der Waals surface area (Å²) >= 11 is 0. The van der Waals surface area contributed by atoms with E-state index in [1.54, 1.807) is 24.2 Å². The van der Waals surface area contributed by atoms with Gasteiger partial charge in [-0.1, -0.05) is 18.2 Å². The molecule has 0 bridgehead atoms. The first-order valence-electron chi connectivity index (χ1n) is 9.16. The van der Waals surface area contributed by atoms with Crippen LogP contribution in [0.2, 0.25) is 0 Å². The first kappa shape index (κ1) is 17.9. The molecule has 0 N–H and O–H groups in total. The van der Waals surface area contributed by atoms with Crippen LogP contribution in [0.15, 0.2) is 61.1 Å². The maximum absolute atomic E-state index is 5.45. The maximum atomic E-state index is 5.45. The van der Waals surface area contributed by atoms with E-state index in [9.17, 15) is 0 Å². The van der Waals surface area contributed by atoms with Gasteiger partial charge in [0.15, 0.2) is 0 Å². The molecule has 0 saturated heterocycles. The number of hydrogen-bond acceptors (Lipinski definition) is 4. The maximum Gasteiger partial charge on any atom is 0.119 e. The van der Waals surface area contributed by atoms with Gasteiger partial charge in [-0.2, -0.15) is 5.10 Å². The van der Waals surface area contributed by atoms with Crippen molar-refractivity contribution in [3.8, 4) is 17.0 Å². The fraction of sp³-hybridized carbons (Fsp3) is 0.174. The summed E-state index contributed by atoms with van der Waals surface area (Å²) in [7, 11) is 3.59. The van der Waals surface area contributed by atoms with Crippen molar-refractivity contribution in [3.63, 3.8) is 0 Å². The number of benzene rings is 2. The molecule has 140 valence electrons. The third-order valence-corrected chi connectivity index (χ3v) is 4.74. The van der Waals surface area contributed by atoms with Crippen LogP contribution in [0.25, 0.3) is 27.9 Å². The Bertz CT molecular complexity index is 1190. The Kier molecular flexibility index (Phi) is 4.65. The fourth-order valence-electron chi connectivity index (χ4n) is 3.39. The van der Waals surface area contributed by atoms with Crippen LogP contribution in [-0.2, 0) is 7.05 Å². The van der Waals surface area contributed by atoms with Crippen molar-refractivity contribution in [1.82, 2.24) is 19.7 Å². The van der Waals surface area contributed by atoms with E-state index >= 15 is 0 Å². The van der Waals surface area contributed by atoms with Crippen LogP contribution in [0.4, 0.5) is 0 Å². The van der Waals surface area contributed by atoms with E-state index in [1.165, 1.54) is 0 Å². The summed E-state index contributed by atoms with van der Waals surface area (Å²) in [6, 6.07) is 12.4. The van der Waals surface area contributed by atoms with Crippen LogP contribution in [-0.4, -0.2) is 26.9 Å². The molecule has 4 rings (SSSR count). The quantitative estimate of drug-likeness (QED) is 0.518. The lowest BCUT2D eigenvalue weighted by Gasteiger charge is -2.12. The highest BCUT2D eigenvalue weighted by atomic mass is 16.5. The van der Waals surface area contributed by atoms with E-state index < -0.39 is 0 Å². The van der Waals surface area contributed by atoms with E-state index in [-0.39, 0.29) is 0 Å². The normalized spacial score (nSPS) is 11.8. The summed E-state index contributed by atoms with van der Waals surface area (Å²) in [6.07, 6.45) is 7.65. The summed E-state index contributed by atoms with van der Waals surface area (Å²) in [5, 5.41) is 4.22. The second-order valence-electron chi connectivity index (χ2n) is 6.80. The molecule has 5 heteroatoms. The summed E-state index contributed by atoms with van der Waals surface area (Å²) in [5.41, 5.74) is 8.02. The topological polar surface area (TPSA) is 52.8 Å². The highest BCUT2D eigenvalue weighted by Gasteiger charge is 2.10. The second kappa shape index (κ2) is 7.27. The van der Waals surface area contributed by atoms with Gasteiger partial charge in [-0.05, 0) is 60.4 Å². The zero-order valence-corrected chi connectivity index (χ0v) is 16.5. The van der Waals surface area contributed by atoms with Gasteiger partial charge >= 0.3 is 0 Å². The van der Waals surface area contributed by atoms with Crippen molar-refractivity contribution in [2.75, 3.05) is 7.11 Å². The second-order valence-corrected chi connectivity index (χ2v) is 6.80. The summed E-state index contributed by atoms with van der Waals surface area (Å²) in [6.45, 7) is 4.12. The summed E-state index contributed by atoms with van der Waals surface area (Å²) in [5.74, 6) is 0.855. The number of rotatable bonds is 4. The molecule has 28 heavy (non-hydrogen) atoms. The Morgan fingerprint density at radius 3 is 2.61 bits per heavy atom. The van der Waals surface area contributed by atoms with Gasteiger partial charge in [-0.3, -0.25) is 9.67 Å². The van der Waals surface area contributed by atoms with Gasteiger partial charge in [0.25, 0.3) is 0 Å². The monoisotopic (exact) mass is 370 g/mol. The van der Waals surface area contributed by atoms with Crippen LogP contribution >= 0.6 is 0 Å². The first-order valence-corrected chi connectivity index (χ1v) is 9.16. The lowest BCUT2D eigenvalue weighted by atomic mass is 9.95. The van der Waals surface area contributed by atoms with E-state index in [4.69, 9.17) is 9.72 Å². The van der Waals surface area contributed by atoms with E-state index in [2.05, 4.69) is 47.3 Å². The third-order valence-electron chi connectivity index (χ3n) is 4.74. The molecule has 0 saturated carbocycles. The minimum atomic E-state index is 0.817. The molecule has 0 aliphatic rings. The molecule has 4 aromatic rings. The van der Waals surface area contributed by atoms with Crippen molar-refractivity contribution < 1.29 is 4.74 Å². The Morgan fingerprint density at radius 2 is 1.89 bits per heavy atom. The zero-order valence-electron chi connectivity index (χ0n) is 16.5. The zero-order chi connectivity index (χ0) is 19.7. The summed E-state index contributed by atoms with van der Waals surface area (Å²) in [4.78, 5) is 9.38. The van der Waals surface area contributed by atoms with Gasteiger partial charge in [-0.15, -0.1) is 0 Å². The predicted molar refractivity (Wildman–Crippen MR) is 112 cm³/mol. The predicted octanol–water partition coefficient (Wildman–Crippen LogP) is 4.80. The SMILES string of the molecule is C/C=C(\c1cc(C)cc(OC)c1)c1ccc2ncc(-c3cnn(C)c3)nc2c1. The van der Waals surface area contributed by atoms with Gasteiger partial charge in [0.2, 0.25) is 0 Å². The van der Waals surface area contributed by atoms with Gasteiger partial charge in [-0.25, -0.2) is 4.98 Å². The molecule has 0 unspecified atom stereocenters. The Hall–Kier alpha value is -3.47. The molecule has 0 fully saturated rings. The average molecular weight is 370 g/mol. The molecule has 5 nitrogen and oxygen atoms in total. The molecule has 0 aliphatic carbocycles. The van der Waals surface area contributed by atoms with E-state index in [0.29, 0.717) is 0 Å². The highest BCUT2D eigenvalue weighted by Crippen LogP contribution is 2.29. The Balaban J connectivity index is 1.80. The van der Waals surface area contributed by atoms with Gasteiger partial charge < -0.3 is 4.74 Å². The molecule has 0 atom stereocenters.